The van der Waals surface area contributed by atoms with Crippen molar-refractivity contribution < 1.29 is 9.47 Å². The lowest BCUT2D eigenvalue weighted by atomic mass is 10.2. The quantitative estimate of drug-likeness (QED) is 0.854. The van der Waals surface area contributed by atoms with Crippen LogP contribution in [-0.4, -0.2) is 38.3 Å². The first-order chi connectivity index (χ1) is 8.21. The van der Waals surface area contributed by atoms with E-state index in [1.54, 1.807) is 14.2 Å². The maximum atomic E-state index is 5.90. The summed E-state index contributed by atoms with van der Waals surface area (Å²) in [4.78, 5) is 2.36. The summed E-state index contributed by atoms with van der Waals surface area (Å²) in [5.41, 5.74) is 7.10. The first-order valence-electron chi connectivity index (χ1n) is 5.91. The van der Waals surface area contributed by atoms with Crippen LogP contribution in [0.4, 0.5) is 0 Å². The van der Waals surface area contributed by atoms with Crippen LogP contribution in [0.15, 0.2) is 18.2 Å². The lowest BCUT2D eigenvalue weighted by Crippen LogP contribution is -2.26. The van der Waals surface area contributed by atoms with Gasteiger partial charge in [0.15, 0.2) is 0 Å². The molecule has 1 atom stereocenters. The normalized spacial score (nSPS) is 20.5. The van der Waals surface area contributed by atoms with Crippen LogP contribution in [0, 0.1) is 0 Å². The summed E-state index contributed by atoms with van der Waals surface area (Å²) in [6.45, 7) is 2.95. The lowest BCUT2D eigenvalue weighted by Gasteiger charge is -2.16. The molecule has 0 amide bonds. The second-order valence-corrected chi connectivity index (χ2v) is 4.50. The minimum atomic E-state index is 0.322. The van der Waals surface area contributed by atoms with Gasteiger partial charge in [0.05, 0.1) is 14.2 Å². The average molecular weight is 236 g/mol. The summed E-state index contributed by atoms with van der Waals surface area (Å²) in [6, 6.07) is 6.31. The molecular formula is C13H20N2O2. The Morgan fingerprint density at radius 1 is 1.24 bits per heavy atom. The Labute approximate surface area is 102 Å². The van der Waals surface area contributed by atoms with Crippen LogP contribution in [-0.2, 0) is 6.54 Å². The number of benzene rings is 1. The van der Waals surface area contributed by atoms with E-state index in [4.69, 9.17) is 15.2 Å². The van der Waals surface area contributed by atoms with Crippen molar-refractivity contribution in [2.75, 3.05) is 27.3 Å². The molecule has 1 aliphatic heterocycles. The fourth-order valence-electron chi connectivity index (χ4n) is 2.22. The molecule has 0 radical (unpaired) electrons. The first kappa shape index (κ1) is 12.2. The first-order valence-corrected chi connectivity index (χ1v) is 5.91. The summed E-state index contributed by atoms with van der Waals surface area (Å²) in [5, 5.41) is 0. The Kier molecular flexibility index (Phi) is 3.86. The maximum Gasteiger partial charge on any atom is 0.122 e. The van der Waals surface area contributed by atoms with E-state index in [-0.39, 0.29) is 0 Å². The topological polar surface area (TPSA) is 47.7 Å². The molecule has 2 N–H and O–H groups in total. The van der Waals surface area contributed by atoms with Gasteiger partial charge in [0.25, 0.3) is 0 Å². The van der Waals surface area contributed by atoms with Crippen LogP contribution in [0.1, 0.15) is 12.0 Å². The second-order valence-electron chi connectivity index (χ2n) is 4.50. The molecule has 1 aliphatic rings. The molecule has 1 aromatic rings. The summed E-state index contributed by atoms with van der Waals surface area (Å²) < 4.78 is 10.5. The van der Waals surface area contributed by atoms with E-state index in [0.717, 1.165) is 37.6 Å². The Bertz CT molecular complexity index is 359. The largest absolute Gasteiger partial charge is 0.497 e. The molecule has 0 bridgehead atoms. The van der Waals surface area contributed by atoms with Crippen LogP contribution in [0.3, 0.4) is 0 Å². The van der Waals surface area contributed by atoms with Gasteiger partial charge >= 0.3 is 0 Å². The van der Waals surface area contributed by atoms with Crippen molar-refractivity contribution >= 4 is 0 Å². The molecule has 17 heavy (non-hydrogen) atoms. The fraction of sp³-hybridized carbons (Fsp3) is 0.538. The van der Waals surface area contributed by atoms with Crippen LogP contribution in [0.25, 0.3) is 0 Å². The van der Waals surface area contributed by atoms with Gasteiger partial charge in [0.2, 0.25) is 0 Å². The number of nitrogens with zero attached hydrogens (tertiary/aromatic N) is 1. The summed E-state index contributed by atoms with van der Waals surface area (Å²) in [5.74, 6) is 1.67. The summed E-state index contributed by atoms with van der Waals surface area (Å²) in [6.07, 6.45) is 1.08. The van der Waals surface area contributed by atoms with Crippen molar-refractivity contribution in [3.05, 3.63) is 23.8 Å². The van der Waals surface area contributed by atoms with Crippen LogP contribution in [0.5, 0.6) is 11.5 Å². The van der Waals surface area contributed by atoms with E-state index in [1.807, 2.05) is 18.2 Å². The minimum absolute atomic E-state index is 0.322. The highest BCUT2D eigenvalue weighted by molar-refractivity contribution is 5.38. The molecule has 0 aliphatic carbocycles. The van der Waals surface area contributed by atoms with Gasteiger partial charge in [-0.2, -0.15) is 0 Å². The van der Waals surface area contributed by atoms with E-state index in [1.165, 1.54) is 5.56 Å². The zero-order valence-corrected chi connectivity index (χ0v) is 10.5. The summed E-state index contributed by atoms with van der Waals surface area (Å²) >= 11 is 0. The minimum Gasteiger partial charge on any atom is -0.497 e. The van der Waals surface area contributed by atoms with E-state index < -0.39 is 0 Å². The van der Waals surface area contributed by atoms with Gasteiger partial charge in [-0.05, 0) is 24.1 Å². The van der Waals surface area contributed by atoms with Gasteiger partial charge in [0.1, 0.15) is 11.5 Å². The van der Waals surface area contributed by atoms with Gasteiger partial charge in [-0.1, -0.05) is 0 Å². The molecular weight excluding hydrogens is 216 g/mol. The third-order valence-electron chi connectivity index (χ3n) is 3.13. The predicted molar refractivity (Wildman–Crippen MR) is 67.4 cm³/mol. The maximum absolute atomic E-state index is 5.90. The molecule has 1 saturated heterocycles. The molecule has 94 valence electrons. The number of ether oxygens (including phenoxy) is 2. The highest BCUT2D eigenvalue weighted by atomic mass is 16.5. The average Bonchev–Trinajstić information content (AvgIpc) is 2.74. The van der Waals surface area contributed by atoms with Crippen molar-refractivity contribution in [1.29, 1.82) is 0 Å². The number of hydrogen-bond acceptors (Lipinski definition) is 4. The number of hydrogen-bond donors (Lipinski definition) is 1. The van der Waals surface area contributed by atoms with Crippen LogP contribution in [0.2, 0.25) is 0 Å². The van der Waals surface area contributed by atoms with Crippen LogP contribution >= 0.6 is 0 Å². The van der Waals surface area contributed by atoms with Crippen LogP contribution < -0.4 is 15.2 Å². The molecule has 2 rings (SSSR count). The Morgan fingerprint density at radius 3 is 2.35 bits per heavy atom. The molecule has 0 saturated carbocycles. The zero-order chi connectivity index (χ0) is 12.3. The Hall–Kier alpha value is -1.26. The molecule has 1 heterocycles. The van der Waals surface area contributed by atoms with Crippen molar-refractivity contribution in [3.63, 3.8) is 0 Å². The molecule has 1 aromatic carbocycles. The second kappa shape index (κ2) is 5.38. The number of nitrogens with two attached hydrogens (primary N) is 1. The van der Waals surface area contributed by atoms with Gasteiger partial charge in [0, 0.05) is 31.7 Å². The van der Waals surface area contributed by atoms with Crippen molar-refractivity contribution in [1.82, 2.24) is 4.90 Å². The highest BCUT2D eigenvalue weighted by Crippen LogP contribution is 2.24. The standard InChI is InChI=1S/C13H20N2O2/c1-16-12-5-10(6-13(7-12)17-2)8-15-4-3-11(14)9-15/h5-7,11H,3-4,8-9,14H2,1-2H3/t11-/m0/s1. The summed E-state index contributed by atoms with van der Waals surface area (Å²) in [7, 11) is 3.34. The van der Waals surface area contributed by atoms with E-state index in [0.29, 0.717) is 6.04 Å². The molecule has 0 unspecified atom stereocenters. The molecule has 0 spiro atoms. The van der Waals surface area contributed by atoms with Crippen molar-refractivity contribution in [2.45, 2.75) is 19.0 Å². The third kappa shape index (κ3) is 3.11. The number of likely N-dealkylation sites (tertiary alicyclic amines) is 1. The van der Waals surface area contributed by atoms with E-state index in [2.05, 4.69) is 4.90 Å². The van der Waals surface area contributed by atoms with Gasteiger partial charge in [-0.15, -0.1) is 0 Å². The van der Waals surface area contributed by atoms with E-state index in [9.17, 15) is 0 Å². The smallest absolute Gasteiger partial charge is 0.122 e. The van der Waals surface area contributed by atoms with Gasteiger partial charge < -0.3 is 15.2 Å². The van der Waals surface area contributed by atoms with Crippen molar-refractivity contribution in [2.24, 2.45) is 5.73 Å². The third-order valence-corrected chi connectivity index (χ3v) is 3.13. The monoisotopic (exact) mass is 236 g/mol. The lowest BCUT2D eigenvalue weighted by molar-refractivity contribution is 0.324. The number of methoxy groups -OCH3 is 2. The van der Waals surface area contributed by atoms with Gasteiger partial charge in [-0.3, -0.25) is 4.90 Å². The van der Waals surface area contributed by atoms with Gasteiger partial charge in [-0.25, -0.2) is 0 Å². The molecule has 4 heteroatoms. The Balaban J connectivity index is 2.09. The van der Waals surface area contributed by atoms with Crippen molar-refractivity contribution in [3.8, 4) is 11.5 Å². The number of rotatable bonds is 4. The molecule has 4 nitrogen and oxygen atoms in total. The molecule has 0 aromatic heterocycles. The highest BCUT2D eigenvalue weighted by Gasteiger charge is 2.19. The Morgan fingerprint density at radius 2 is 1.88 bits per heavy atom. The zero-order valence-electron chi connectivity index (χ0n) is 10.5. The molecule has 1 fully saturated rings. The SMILES string of the molecule is COc1cc(CN2CC[C@H](N)C2)cc(OC)c1. The fourth-order valence-corrected chi connectivity index (χ4v) is 2.22. The predicted octanol–water partition coefficient (Wildman–Crippen LogP) is 1.24. The van der Waals surface area contributed by atoms with E-state index >= 15 is 0 Å².